The molecule has 0 saturated carbocycles. The molecule has 2 heterocycles. The molecule has 0 aliphatic carbocycles. The van der Waals surface area contributed by atoms with Crippen molar-refractivity contribution >= 4 is 63.3 Å². The van der Waals surface area contributed by atoms with Crippen molar-refractivity contribution in [1.29, 1.82) is 0 Å². The summed E-state index contributed by atoms with van der Waals surface area (Å²) in [5.74, 6) is 1.34. The summed E-state index contributed by atoms with van der Waals surface area (Å²) in [4.78, 5) is 25.1. The van der Waals surface area contributed by atoms with Gasteiger partial charge in [-0.25, -0.2) is 0 Å². The summed E-state index contributed by atoms with van der Waals surface area (Å²) in [5, 5.41) is 10.9. The van der Waals surface area contributed by atoms with Crippen LogP contribution in [0.15, 0.2) is 63.9 Å². The smallest absolute Gasteiger partial charge is 0.287 e. The predicted molar refractivity (Wildman–Crippen MR) is 124 cm³/mol. The third kappa shape index (κ3) is 4.20. The van der Waals surface area contributed by atoms with E-state index in [1.165, 1.54) is 28.8 Å². The summed E-state index contributed by atoms with van der Waals surface area (Å²) in [6.45, 7) is 0. The van der Waals surface area contributed by atoms with Crippen LogP contribution in [0.1, 0.15) is 5.76 Å². The molecule has 0 radical (unpaired) electrons. The number of benzene rings is 2. The van der Waals surface area contributed by atoms with E-state index in [1.807, 2.05) is 0 Å². The molecular weight excluding hydrogens is 460 g/mol. The summed E-state index contributed by atoms with van der Waals surface area (Å²) in [5.41, 5.74) is 1.05. The predicted octanol–water partition coefficient (Wildman–Crippen LogP) is 5.92. The van der Waals surface area contributed by atoms with E-state index in [0.717, 1.165) is 0 Å². The molecule has 7 nitrogen and oxygen atoms in total. The van der Waals surface area contributed by atoms with Crippen LogP contribution < -0.4 is 9.64 Å². The molecule has 1 aliphatic heterocycles. The van der Waals surface area contributed by atoms with Gasteiger partial charge >= 0.3 is 0 Å². The number of nitro groups is 1. The molecule has 156 valence electrons. The lowest BCUT2D eigenvalue weighted by atomic mass is 10.1. The van der Waals surface area contributed by atoms with Crippen LogP contribution in [0.3, 0.4) is 0 Å². The molecule has 1 fully saturated rings. The minimum Gasteiger partial charge on any atom is -0.497 e. The number of rotatable bonds is 5. The van der Waals surface area contributed by atoms with E-state index in [4.69, 9.17) is 33.0 Å². The first-order valence-corrected chi connectivity index (χ1v) is 10.4. The molecule has 31 heavy (non-hydrogen) atoms. The van der Waals surface area contributed by atoms with Crippen molar-refractivity contribution in [3.8, 4) is 17.1 Å². The number of thiocarbonyl (C=S) groups is 1. The second-order valence-electron chi connectivity index (χ2n) is 6.34. The Bertz CT molecular complexity index is 1240. The van der Waals surface area contributed by atoms with Crippen molar-refractivity contribution in [2.24, 2.45) is 0 Å². The Kier molecular flexibility index (Phi) is 5.81. The van der Waals surface area contributed by atoms with Crippen LogP contribution in [0, 0.1) is 10.1 Å². The van der Waals surface area contributed by atoms with Crippen molar-refractivity contribution in [3.05, 3.63) is 80.4 Å². The maximum atomic E-state index is 12.9. The van der Waals surface area contributed by atoms with Crippen molar-refractivity contribution in [2.75, 3.05) is 12.0 Å². The molecule has 10 heteroatoms. The normalized spacial score (nSPS) is 15.0. The van der Waals surface area contributed by atoms with E-state index >= 15 is 0 Å². The molecule has 2 aromatic carbocycles. The van der Waals surface area contributed by atoms with Gasteiger partial charge < -0.3 is 9.15 Å². The van der Waals surface area contributed by atoms with E-state index in [2.05, 4.69) is 0 Å². The average Bonchev–Trinajstić information content (AvgIpc) is 3.32. The summed E-state index contributed by atoms with van der Waals surface area (Å²) in [6, 6.07) is 14.8. The Labute approximate surface area is 191 Å². The highest BCUT2D eigenvalue weighted by Gasteiger charge is 2.33. The maximum absolute atomic E-state index is 12.9. The second-order valence-corrected chi connectivity index (χ2v) is 8.42. The SMILES string of the molecule is COc1ccc(N2C(=O)/C(=C/c3ccc(-c4ccc([N+](=O)[O-])c(Cl)c4)o3)SC2=S)cc1. The van der Waals surface area contributed by atoms with E-state index in [1.54, 1.807) is 55.7 Å². The van der Waals surface area contributed by atoms with Gasteiger partial charge in [0.25, 0.3) is 11.6 Å². The molecule has 4 rings (SSSR count). The molecule has 1 saturated heterocycles. The summed E-state index contributed by atoms with van der Waals surface area (Å²) in [7, 11) is 1.57. The van der Waals surface area contributed by atoms with Gasteiger partial charge in [-0.05, 0) is 48.5 Å². The number of methoxy groups -OCH3 is 1. The number of halogens is 1. The number of ether oxygens (including phenoxy) is 1. The van der Waals surface area contributed by atoms with Crippen LogP contribution >= 0.6 is 35.6 Å². The number of hydrogen-bond donors (Lipinski definition) is 0. The number of anilines is 1. The summed E-state index contributed by atoms with van der Waals surface area (Å²) >= 11 is 12.5. The summed E-state index contributed by atoms with van der Waals surface area (Å²) in [6.07, 6.45) is 1.61. The lowest BCUT2D eigenvalue weighted by Crippen LogP contribution is -2.27. The number of amides is 1. The number of nitrogens with zero attached hydrogens (tertiary/aromatic N) is 2. The lowest BCUT2D eigenvalue weighted by Gasteiger charge is -2.14. The fourth-order valence-corrected chi connectivity index (χ4v) is 4.47. The maximum Gasteiger partial charge on any atom is 0.287 e. The van der Waals surface area contributed by atoms with Gasteiger partial charge in [-0.15, -0.1) is 0 Å². The minimum atomic E-state index is -0.551. The van der Waals surface area contributed by atoms with Gasteiger partial charge in [-0.1, -0.05) is 35.6 Å². The van der Waals surface area contributed by atoms with Gasteiger partial charge in [0.2, 0.25) is 0 Å². The quantitative estimate of drug-likeness (QED) is 0.197. The monoisotopic (exact) mass is 472 g/mol. The molecular formula is C21H13ClN2O5S2. The number of hydrogen-bond acceptors (Lipinski definition) is 7. The van der Waals surface area contributed by atoms with E-state index in [-0.39, 0.29) is 16.6 Å². The van der Waals surface area contributed by atoms with Gasteiger partial charge in [0.15, 0.2) is 4.32 Å². The van der Waals surface area contributed by atoms with Crippen molar-refractivity contribution < 1.29 is 18.9 Å². The highest BCUT2D eigenvalue weighted by atomic mass is 35.5. The van der Waals surface area contributed by atoms with E-state index in [0.29, 0.717) is 37.7 Å². The zero-order valence-corrected chi connectivity index (χ0v) is 18.3. The highest BCUT2D eigenvalue weighted by molar-refractivity contribution is 8.27. The minimum absolute atomic E-state index is 0.0146. The van der Waals surface area contributed by atoms with Crippen LogP contribution in [0.25, 0.3) is 17.4 Å². The fourth-order valence-electron chi connectivity index (χ4n) is 2.94. The number of carbonyl (C=O) groups is 1. The molecule has 3 aromatic rings. The van der Waals surface area contributed by atoms with E-state index in [9.17, 15) is 14.9 Å². The zero-order chi connectivity index (χ0) is 22.1. The molecule has 0 unspecified atom stereocenters. The lowest BCUT2D eigenvalue weighted by molar-refractivity contribution is -0.384. The topological polar surface area (TPSA) is 85.8 Å². The Hall–Kier alpha value is -3.14. The number of furan rings is 1. The van der Waals surface area contributed by atoms with Gasteiger partial charge in [0.05, 0.1) is 22.6 Å². The molecule has 0 bridgehead atoms. The Morgan fingerprint density at radius 2 is 1.94 bits per heavy atom. The fraction of sp³-hybridized carbons (Fsp3) is 0.0476. The van der Waals surface area contributed by atoms with Crippen LogP contribution in [0.4, 0.5) is 11.4 Å². The van der Waals surface area contributed by atoms with Crippen molar-refractivity contribution in [3.63, 3.8) is 0 Å². The highest BCUT2D eigenvalue weighted by Crippen LogP contribution is 2.37. The largest absolute Gasteiger partial charge is 0.497 e. The van der Waals surface area contributed by atoms with Gasteiger partial charge in [-0.3, -0.25) is 19.8 Å². The molecule has 0 spiro atoms. The zero-order valence-electron chi connectivity index (χ0n) is 15.9. The van der Waals surface area contributed by atoms with E-state index < -0.39 is 4.92 Å². The first kappa shape index (κ1) is 21.1. The third-order valence-corrected chi connectivity index (χ3v) is 6.06. The van der Waals surface area contributed by atoms with Crippen molar-refractivity contribution in [2.45, 2.75) is 0 Å². The molecule has 1 amide bonds. The number of carbonyl (C=O) groups excluding carboxylic acids is 1. The van der Waals surface area contributed by atoms with Crippen molar-refractivity contribution in [1.82, 2.24) is 0 Å². The first-order chi connectivity index (χ1) is 14.9. The van der Waals surface area contributed by atoms with Gasteiger partial charge in [-0.2, -0.15) is 0 Å². The average molecular weight is 473 g/mol. The third-order valence-electron chi connectivity index (χ3n) is 4.45. The van der Waals surface area contributed by atoms with Gasteiger partial charge in [0, 0.05) is 17.7 Å². The number of thioether (sulfide) groups is 1. The molecule has 1 aliphatic rings. The Morgan fingerprint density at radius 3 is 2.58 bits per heavy atom. The standard InChI is InChI=1S/C21H13ClN2O5S2/c1-28-14-5-3-13(4-6-14)23-20(25)19(31-21(23)30)11-15-7-9-18(29-15)12-2-8-17(24(26)27)16(22)10-12/h2-11H,1H3/b19-11-. The van der Waals surface area contributed by atoms with Gasteiger partial charge in [0.1, 0.15) is 22.3 Å². The molecule has 1 aromatic heterocycles. The number of nitro benzene ring substituents is 1. The van der Waals surface area contributed by atoms with Crippen LogP contribution in [-0.4, -0.2) is 22.3 Å². The Morgan fingerprint density at radius 1 is 1.19 bits per heavy atom. The summed E-state index contributed by atoms with van der Waals surface area (Å²) < 4.78 is 11.3. The first-order valence-electron chi connectivity index (χ1n) is 8.83. The van der Waals surface area contributed by atoms with Crippen LogP contribution in [0.5, 0.6) is 5.75 Å². The Balaban J connectivity index is 1.58. The van der Waals surface area contributed by atoms with Crippen LogP contribution in [-0.2, 0) is 4.79 Å². The second kappa shape index (κ2) is 8.54. The molecule has 0 N–H and O–H groups in total. The molecule has 0 atom stereocenters. The van der Waals surface area contributed by atoms with Crippen LogP contribution in [0.2, 0.25) is 5.02 Å².